The van der Waals surface area contributed by atoms with Crippen molar-refractivity contribution in [1.29, 1.82) is 0 Å². The molecule has 0 saturated carbocycles. The normalized spacial score (nSPS) is 15.7. The molecule has 2 aromatic heterocycles. The van der Waals surface area contributed by atoms with E-state index in [1.54, 1.807) is 30.7 Å². The Labute approximate surface area is 216 Å². The van der Waals surface area contributed by atoms with Gasteiger partial charge in [0, 0.05) is 0 Å². The van der Waals surface area contributed by atoms with Gasteiger partial charge in [-0.1, -0.05) is 42.9 Å². The highest BCUT2D eigenvalue weighted by Crippen LogP contribution is 2.45. The molecule has 36 heavy (non-hydrogen) atoms. The minimum Gasteiger partial charge on any atom is -0.503 e. The van der Waals surface area contributed by atoms with Crippen molar-refractivity contribution in [2.45, 2.75) is 25.8 Å². The maximum atomic E-state index is 13.5. The number of amides is 1. The molecular weight excluding hydrogens is 496 g/mol. The van der Waals surface area contributed by atoms with E-state index in [4.69, 9.17) is 9.47 Å². The highest BCUT2D eigenvalue weighted by Gasteiger charge is 2.46. The Balaban J connectivity index is 1.62. The lowest BCUT2D eigenvalue weighted by atomic mass is 9.95. The largest absolute Gasteiger partial charge is 0.503 e. The monoisotopic (exact) mass is 520 g/mol. The highest BCUT2D eigenvalue weighted by molar-refractivity contribution is 7.22. The lowest BCUT2D eigenvalue weighted by Gasteiger charge is -2.24. The third kappa shape index (κ3) is 4.36. The fourth-order valence-corrected chi connectivity index (χ4v) is 5.82. The molecule has 0 bridgehead atoms. The number of thiazole rings is 1. The smallest absolute Gasteiger partial charge is 0.296 e. The summed E-state index contributed by atoms with van der Waals surface area (Å²) in [5, 5.41) is 13.2. The van der Waals surface area contributed by atoms with Crippen molar-refractivity contribution in [2.75, 3.05) is 18.6 Å². The Hall–Kier alpha value is -3.69. The van der Waals surface area contributed by atoms with E-state index in [0.29, 0.717) is 39.2 Å². The lowest BCUT2D eigenvalue weighted by Crippen LogP contribution is -2.30. The van der Waals surface area contributed by atoms with Crippen molar-refractivity contribution < 1.29 is 24.2 Å². The van der Waals surface area contributed by atoms with Gasteiger partial charge in [-0.05, 0) is 53.8 Å². The average Bonchev–Trinajstić information content (AvgIpc) is 3.62. The maximum absolute atomic E-state index is 13.5. The molecule has 5 rings (SSSR count). The molecule has 184 valence electrons. The summed E-state index contributed by atoms with van der Waals surface area (Å²) in [6, 6.07) is 15.4. The van der Waals surface area contributed by atoms with Gasteiger partial charge in [-0.15, -0.1) is 11.3 Å². The van der Waals surface area contributed by atoms with E-state index < -0.39 is 17.7 Å². The number of aliphatic hydroxyl groups excluding tert-OH is 1. The number of benzene rings is 2. The van der Waals surface area contributed by atoms with Crippen LogP contribution < -0.4 is 14.4 Å². The van der Waals surface area contributed by atoms with Gasteiger partial charge in [0.15, 0.2) is 10.9 Å². The first-order chi connectivity index (χ1) is 17.5. The van der Waals surface area contributed by atoms with Crippen LogP contribution in [0.5, 0.6) is 11.5 Å². The van der Waals surface area contributed by atoms with Crippen molar-refractivity contribution in [2.24, 2.45) is 0 Å². The Kier molecular flexibility index (Phi) is 6.75. The number of carbonyl (C=O) groups is 2. The van der Waals surface area contributed by atoms with Gasteiger partial charge in [-0.25, -0.2) is 4.98 Å². The first-order valence-electron chi connectivity index (χ1n) is 11.5. The quantitative estimate of drug-likeness (QED) is 0.205. The molecule has 0 unspecified atom stereocenters. The molecular formula is C27H24N2O5S2. The third-order valence-electron chi connectivity index (χ3n) is 5.93. The van der Waals surface area contributed by atoms with Gasteiger partial charge in [-0.3, -0.25) is 14.5 Å². The second-order valence-corrected chi connectivity index (χ2v) is 10.2. The number of fused-ring (bicyclic) bond motifs is 1. The third-order valence-corrected chi connectivity index (χ3v) is 7.81. The molecule has 1 atom stereocenters. The molecule has 0 aliphatic carbocycles. The first kappa shape index (κ1) is 24.0. The van der Waals surface area contributed by atoms with Gasteiger partial charge in [-0.2, -0.15) is 0 Å². The molecule has 3 heterocycles. The maximum Gasteiger partial charge on any atom is 0.296 e. The zero-order valence-electron chi connectivity index (χ0n) is 19.8. The molecule has 4 aromatic rings. The second-order valence-electron chi connectivity index (χ2n) is 8.25. The molecule has 0 fully saturated rings. The highest BCUT2D eigenvalue weighted by atomic mass is 32.1. The van der Waals surface area contributed by atoms with Crippen LogP contribution in [0.25, 0.3) is 10.2 Å². The number of anilines is 1. The van der Waals surface area contributed by atoms with E-state index in [1.807, 2.05) is 36.4 Å². The van der Waals surface area contributed by atoms with E-state index in [0.717, 1.165) is 17.5 Å². The fourth-order valence-electron chi connectivity index (χ4n) is 4.12. The molecule has 1 aliphatic rings. The van der Waals surface area contributed by atoms with Crippen LogP contribution in [0.4, 0.5) is 5.13 Å². The number of nitrogens with zero attached hydrogens (tertiary/aromatic N) is 2. The zero-order valence-corrected chi connectivity index (χ0v) is 21.4. The standard InChI is InChI=1S/C27H24N2O5S2/c1-3-4-12-34-18-8-5-7-16(14-18)23-22(24(30)20-9-6-13-35-20)25(31)26(32)29(23)27-28-19-11-10-17(33-2)15-21(19)36-27/h5-11,13-15,23,31H,3-4,12H2,1-2H3/t23-/m1/s1. The van der Waals surface area contributed by atoms with Gasteiger partial charge in [0.05, 0.1) is 40.4 Å². The van der Waals surface area contributed by atoms with Crippen molar-refractivity contribution in [3.8, 4) is 11.5 Å². The van der Waals surface area contributed by atoms with Crippen molar-refractivity contribution in [3.05, 3.63) is 81.8 Å². The average molecular weight is 521 g/mol. The minimum atomic E-state index is -0.857. The van der Waals surface area contributed by atoms with Crippen LogP contribution in [0.15, 0.2) is 71.3 Å². The van der Waals surface area contributed by atoms with Crippen LogP contribution in [0, 0.1) is 0 Å². The Morgan fingerprint density at radius 3 is 2.75 bits per heavy atom. The number of methoxy groups -OCH3 is 1. The van der Waals surface area contributed by atoms with Crippen LogP contribution in [-0.4, -0.2) is 35.5 Å². The lowest BCUT2D eigenvalue weighted by molar-refractivity contribution is -0.117. The number of hydrogen-bond donors (Lipinski definition) is 1. The summed E-state index contributed by atoms with van der Waals surface area (Å²) in [6.45, 7) is 2.65. The molecule has 7 nitrogen and oxygen atoms in total. The molecule has 9 heteroatoms. The molecule has 1 N–H and O–H groups in total. The fraction of sp³-hybridized carbons (Fsp3) is 0.222. The summed E-state index contributed by atoms with van der Waals surface area (Å²) in [6.07, 6.45) is 1.92. The molecule has 1 aliphatic heterocycles. The molecule has 0 saturated heterocycles. The number of aliphatic hydroxyl groups is 1. The number of ketones is 1. The summed E-state index contributed by atoms with van der Waals surface area (Å²) in [5.41, 5.74) is 1.37. The molecule has 2 aromatic carbocycles. The Morgan fingerprint density at radius 1 is 1.14 bits per heavy atom. The molecule has 0 spiro atoms. The van der Waals surface area contributed by atoms with Gasteiger partial charge in [0.25, 0.3) is 5.91 Å². The van der Waals surface area contributed by atoms with Crippen LogP contribution in [-0.2, 0) is 4.79 Å². The molecule has 0 radical (unpaired) electrons. The van der Waals surface area contributed by atoms with Crippen LogP contribution in [0.3, 0.4) is 0 Å². The Bertz CT molecular complexity index is 1460. The summed E-state index contributed by atoms with van der Waals surface area (Å²) < 4.78 is 12.0. The predicted molar refractivity (Wildman–Crippen MR) is 142 cm³/mol. The molecule has 1 amide bonds. The van der Waals surface area contributed by atoms with Crippen molar-refractivity contribution in [1.82, 2.24) is 4.98 Å². The number of aromatic nitrogens is 1. The Morgan fingerprint density at radius 2 is 2.00 bits per heavy atom. The second kappa shape index (κ2) is 10.1. The minimum absolute atomic E-state index is 0.0324. The number of ether oxygens (including phenoxy) is 2. The number of hydrogen-bond acceptors (Lipinski definition) is 8. The van der Waals surface area contributed by atoms with Gasteiger partial charge in [0.1, 0.15) is 11.5 Å². The van der Waals surface area contributed by atoms with Crippen molar-refractivity contribution >= 4 is 49.7 Å². The van der Waals surface area contributed by atoms with E-state index in [2.05, 4.69) is 11.9 Å². The van der Waals surface area contributed by atoms with Crippen LogP contribution in [0.1, 0.15) is 41.0 Å². The van der Waals surface area contributed by atoms with Crippen LogP contribution >= 0.6 is 22.7 Å². The van der Waals surface area contributed by atoms with Crippen molar-refractivity contribution in [3.63, 3.8) is 0 Å². The summed E-state index contributed by atoms with van der Waals surface area (Å²) >= 11 is 2.56. The summed E-state index contributed by atoms with van der Waals surface area (Å²) in [7, 11) is 1.59. The van der Waals surface area contributed by atoms with E-state index in [1.165, 1.54) is 27.6 Å². The van der Waals surface area contributed by atoms with E-state index >= 15 is 0 Å². The number of unbranched alkanes of at least 4 members (excludes halogenated alkanes) is 1. The first-order valence-corrected chi connectivity index (χ1v) is 13.2. The number of rotatable bonds is 9. The summed E-state index contributed by atoms with van der Waals surface area (Å²) in [4.78, 5) is 33.5. The van der Waals surface area contributed by atoms with E-state index in [-0.39, 0.29) is 11.4 Å². The summed E-state index contributed by atoms with van der Waals surface area (Å²) in [5.74, 6) is -0.302. The van der Waals surface area contributed by atoms with Gasteiger partial charge in [0.2, 0.25) is 5.78 Å². The van der Waals surface area contributed by atoms with E-state index in [9.17, 15) is 14.7 Å². The zero-order chi connectivity index (χ0) is 25.2. The SMILES string of the molecule is CCCCOc1cccc([C@@H]2C(C(=O)c3cccs3)=C(O)C(=O)N2c2nc3ccc(OC)cc3s2)c1. The topological polar surface area (TPSA) is 89.0 Å². The number of carbonyl (C=O) groups excluding carboxylic acids is 2. The van der Waals surface area contributed by atoms with Gasteiger partial charge >= 0.3 is 0 Å². The van der Waals surface area contributed by atoms with Crippen LogP contribution in [0.2, 0.25) is 0 Å². The number of Topliss-reactive ketones (excluding diaryl/α,β-unsaturated/α-hetero) is 1. The van der Waals surface area contributed by atoms with Gasteiger partial charge < -0.3 is 14.6 Å². The number of thiophene rings is 1. The predicted octanol–water partition coefficient (Wildman–Crippen LogP) is 6.33.